The highest BCUT2D eigenvalue weighted by atomic mass is 19.1. The Morgan fingerprint density at radius 2 is 2.05 bits per heavy atom. The van der Waals surface area contributed by atoms with Crippen molar-refractivity contribution in [1.82, 2.24) is 9.97 Å². The van der Waals surface area contributed by atoms with Crippen molar-refractivity contribution in [2.45, 2.75) is 64.3 Å². The van der Waals surface area contributed by atoms with Gasteiger partial charge in [-0.05, 0) is 26.2 Å². The Kier molecular flexibility index (Phi) is 10.8. The molecule has 2 unspecified atom stereocenters. The molecular weight excluding hydrogens is 519 g/mol. The third-order valence-corrected chi connectivity index (χ3v) is 6.72. The highest BCUT2D eigenvalue weighted by Gasteiger charge is 2.20. The van der Waals surface area contributed by atoms with Crippen LogP contribution in [-0.4, -0.2) is 72.6 Å². The molecule has 0 radical (unpaired) electrons. The van der Waals surface area contributed by atoms with E-state index in [1.165, 1.54) is 12.5 Å². The van der Waals surface area contributed by atoms with Crippen molar-refractivity contribution in [1.29, 1.82) is 5.41 Å². The summed E-state index contributed by atoms with van der Waals surface area (Å²) in [7, 11) is 0. The van der Waals surface area contributed by atoms with E-state index in [4.69, 9.17) is 30.2 Å². The Morgan fingerprint density at radius 1 is 1.27 bits per heavy atom. The Bertz CT molecular complexity index is 1160. The number of nitrogens with zero attached hydrogens (tertiary/aromatic N) is 4. The van der Waals surface area contributed by atoms with Crippen LogP contribution in [0.15, 0.2) is 35.7 Å². The van der Waals surface area contributed by atoms with Gasteiger partial charge in [-0.15, -0.1) is 0 Å². The molecule has 2 fully saturated rings. The molecule has 3 N–H and O–H groups in total. The molecule has 40 heavy (non-hydrogen) atoms. The number of hydrogen-bond acceptors (Lipinski definition) is 10. The zero-order valence-corrected chi connectivity index (χ0v) is 22.8. The number of rotatable bonds is 12. The van der Waals surface area contributed by atoms with Crippen LogP contribution in [0, 0.1) is 11.2 Å². The van der Waals surface area contributed by atoms with Gasteiger partial charge >= 0.3 is 5.97 Å². The molecule has 0 bridgehead atoms. The monoisotopic (exact) mass is 556 g/mol. The quantitative estimate of drug-likeness (QED) is 0.173. The van der Waals surface area contributed by atoms with E-state index in [0.717, 1.165) is 38.0 Å². The molecule has 2 aliphatic heterocycles. The van der Waals surface area contributed by atoms with Gasteiger partial charge in [-0.2, -0.15) is 0 Å². The SMILES string of the molecule is CC(CON=C1CCN(c2ncc(-c3cccc(COC(=O)CC(=N)N)c3F)cn2)CC1)OCC1CCCCO1. The fraction of sp³-hybridized carbons (Fsp3) is 0.536. The zero-order chi connectivity index (χ0) is 28.3. The number of hydrogen-bond donors (Lipinski definition) is 2. The van der Waals surface area contributed by atoms with Crippen LogP contribution in [0.5, 0.6) is 0 Å². The summed E-state index contributed by atoms with van der Waals surface area (Å²) in [6, 6.07) is 4.83. The van der Waals surface area contributed by atoms with Gasteiger partial charge in [-0.25, -0.2) is 14.4 Å². The highest BCUT2D eigenvalue weighted by Crippen LogP contribution is 2.26. The average Bonchev–Trinajstić information content (AvgIpc) is 2.96. The first-order valence-electron chi connectivity index (χ1n) is 13.6. The Hall–Kier alpha value is -3.64. The van der Waals surface area contributed by atoms with Crippen LogP contribution >= 0.6 is 0 Å². The predicted octanol–water partition coefficient (Wildman–Crippen LogP) is 3.60. The molecule has 0 saturated carbocycles. The van der Waals surface area contributed by atoms with Crippen molar-refractivity contribution in [3.05, 3.63) is 42.0 Å². The fourth-order valence-electron chi connectivity index (χ4n) is 4.45. The van der Waals surface area contributed by atoms with Crippen molar-refractivity contribution in [2.24, 2.45) is 10.9 Å². The van der Waals surface area contributed by atoms with Gasteiger partial charge in [-0.3, -0.25) is 10.2 Å². The first-order valence-corrected chi connectivity index (χ1v) is 13.6. The average molecular weight is 557 g/mol. The molecule has 4 rings (SSSR count). The summed E-state index contributed by atoms with van der Waals surface area (Å²) in [5, 5.41) is 11.5. The second-order valence-electron chi connectivity index (χ2n) is 9.99. The molecule has 2 atom stereocenters. The van der Waals surface area contributed by atoms with E-state index in [2.05, 4.69) is 20.0 Å². The first-order chi connectivity index (χ1) is 19.4. The maximum atomic E-state index is 15.1. The fourth-order valence-corrected chi connectivity index (χ4v) is 4.45. The van der Waals surface area contributed by atoms with E-state index in [-0.39, 0.29) is 36.6 Å². The summed E-state index contributed by atoms with van der Waals surface area (Å²) in [4.78, 5) is 28.1. The Labute approximate surface area is 233 Å². The number of carbonyl (C=O) groups excluding carboxylic acids is 1. The van der Waals surface area contributed by atoms with Crippen LogP contribution in [-0.2, 0) is 30.4 Å². The van der Waals surface area contributed by atoms with Gasteiger partial charge in [0.05, 0.1) is 24.5 Å². The Balaban J connectivity index is 1.23. The van der Waals surface area contributed by atoms with Gasteiger partial charge in [0.1, 0.15) is 31.3 Å². The van der Waals surface area contributed by atoms with E-state index in [1.54, 1.807) is 24.5 Å². The second-order valence-corrected chi connectivity index (χ2v) is 9.99. The van der Waals surface area contributed by atoms with Gasteiger partial charge in [0.2, 0.25) is 5.95 Å². The Morgan fingerprint density at radius 3 is 2.75 bits per heavy atom. The van der Waals surface area contributed by atoms with Gasteiger partial charge < -0.3 is 29.7 Å². The molecule has 0 spiro atoms. The normalized spacial score (nSPS) is 18.2. The highest BCUT2D eigenvalue weighted by molar-refractivity contribution is 5.94. The number of nitrogens with two attached hydrogens (primary N) is 1. The predicted molar refractivity (Wildman–Crippen MR) is 148 cm³/mol. The van der Waals surface area contributed by atoms with Crippen molar-refractivity contribution < 1.29 is 28.2 Å². The number of amidine groups is 1. The van der Waals surface area contributed by atoms with Crippen molar-refractivity contribution in [2.75, 3.05) is 37.8 Å². The van der Waals surface area contributed by atoms with E-state index >= 15 is 4.39 Å². The number of ether oxygens (including phenoxy) is 3. The van der Waals surface area contributed by atoms with E-state index in [9.17, 15) is 4.79 Å². The number of piperidine rings is 1. The molecular formula is C28H37FN6O5. The minimum absolute atomic E-state index is 0.0610. The van der Waals surface area contributed by atoms with Crippen LogP contribution in [0.2, 0.25) is 0 Å². The van der Waals surface area contributed by atoms with Crippen molar-refractivity contribution in [3.63, 3.8) is 0 Å². The summed E-state index contributed by atoms with van der Waals surface area (Å²) in [6.07, 6.45) is 7.78. The third kappa shape index (κ3) is 8.68. The van der Waals surface area contributed by atoms with Crippen LogP contribution in [0.4, 0.5) is 10.3 Å². The van der Waals surface area contributed by atoms with Crippen LogP contribution in [0.3, 0.4) is 0 Å². The molecule has 1 aromatic heterocycles. The maximum absolute atomic E-state index is 15.1. The number of carbonyl (C=O) groups is 1. The lowest BCUT2D eigenvalue weighted by atomic mass is 10.0. The number of halogens is 1. The zero-order valence-electron chi connectivity index (χ0n) is 22.8. The molecule has 1 aromatic carbocycles. The van der Waals surface area contributed by atoms with Gasteiger partial charge in [-0.1, -0.05) is 23.4 Å². The van der Waals surface area contributed by atoms with E-state index < -0.39 is 11.8 Å². The van der Waals surface area contributed by atoms with Gasteiger partial charge in [0.15, 0.2) is 0 Å². The lowest BCUT2D eigenvalue weighted by molar-refractivity contribution is -0.143. The first kappa shape index (κ1) is 29.3. The molecule has 2 aromatic rings. The minimum atomic E-state index is -0.685. The maximum Gasteiger partial charge on any atom is 0.313 e. The number of aromatic nitrogens is 2. The largest absolute Gasteiger partial charge is 0.460 e. The summed E-state index contributed by atoms with van der Waals surface area (Å²) >= 11 is 0. The summed E-state index contributed by atoms with van der Waals surface area (Å²) in [5.74, 6) is -0.950. The molecule has 3 heterocycles. The van der Waals surface area contributed by atoms with Crippen LogP contribution in [0.25, 0.3) is 11.1 Å². The molecule has 216 valence electrons. The van der Waals surface area contributed by atoms with Crippen molar-refractivity contribution in [3.8, 4) is 11.1 Å². The summed E-state index contributed by atoms with van der Waals surface area (Å²) in [6.45, 7) is 4.90. The molecule has 11 nitrogen and oxygen atoms in total. The number of esters is 1. The van der Waals surface area contributed by atoms with E-state index in [1.807, 2.05) is 6.92 Å². The number of oxime groups is 1. The van der Waals surface area contributed by atoms with Crippen LogP contribution < -0.4 is 10.6 Å². The molecule has 2 saturated heterocycles. The van der Waals surface area contributed by atoms with Crippen LogP contribution in [0.1, 0.15) is 51.0 Å². The standard InChI is InChI=1S/C28H37FN6O5/c1-19(38-18-23-6-2-3-12-37-23)16-40-34-22-8-10-35(11-9-22)28-32-14-21(15-33-28)24-7-4-5-20(27(24)29)17-39-26(36)13-25(30)31/h4-5,7,14-15,19,23H,2-3,6,8-13,16-18H2,1H3,(H3,30,31). The minimum Gasteiger partial charge on any atom is -0.460 e. The number of anilines is 1. The third-order valence-electron chi connectivity index (χ3n) is 6.72. The molecule has 0 aliphatic carbocycles. The van der Waals surface area contributed by atoms with Gasteiger partial charge in [0, 0.05) is 61.6 Å². The number of nitrogens with one attached hydrogen (secondary N) is 1. The van der Waals surface area contributed by atoms with Crippen molar-refractivity contribution >= 4 is 23.5 Å². The lowest BCUT2D eigenvalue weighted by Gasteiger charge is -2.27. The second kappa shape index (κ2) is 14.7. The summed E-state index contributed by atoms with van der Waals surface area (Å²) < 4.78 is 31.6. The smallest absolute Gasteiger partial charge is 0.313 e. The lowest BCUT2D eigenvalue weighted by Crippen LogP contribution is -2.35. The van der Waals surface area contributed by atoms with E-state index in [0.29, 0.717) is 43.4 Å². The van der Waals surface area contributed by atoms with Gasteiger partial charge in [0.25, 0.3) is 0 Å². The molecule has 2 aliphatic rings. The topological polar surface area (TPSA) is 145 Å². The molecule has 0 amide bonds. The summed E-state index contributed by atoms with van der Waals surface area (Å²) in [5.41, 5.74) is 7.21. The molecule has 12 heteroatoms. The number of benzene rings is 1.